The van der Waals surface area contributed by atoms with Crippen LogP contribution in [-0.2, 0) is 0 Å². The maximum Gasteiger partial charge on any atom is 0.123 e. The van der Waals surface area contributed by atoms with E-state index < -0.39 is 0 Å². The Hall–Kier alpha value is -1.09. The topological polar surface area (TPSA) is 15.3 Å². The summed E-state index contributed by atoms with van der Waals surface area (Å²) in [6.07, 6.45) is 2.35. The third-order valence-electron chi connectivity index (χ3n) is 4.06. The lowest BCUT2D eigenvalue weighted by atomic mass is 9.93. The van der Waals surface area contributed by atoms with Gasteiger partial charge in [-0.3, -0.25) is 0 Å². The fourth-order valence-corrected chi connectivity index (χ4v) is 2.97. The maximum absolute atomic E-state index is 13.2. The molecule has 1 aromatic rings. The molecule has 19 heavy (non-hydrogen) atoms. The molecule has 3 heteroatoms. The highest BCUT2D eigenvalue weighted by Gasteiger charge is 2.26. The first-order chi connectivity index (χ1) is 9.11. The summed E-state index contributed by atoms with van der Waals surface area (Å²) < 4.78 is 13.2. The van der Waals surface area contributed by atoms with E-state index in [0.717, 1.165) is 31.6 Å². The minimum atomic E-state index is -0.145. The molecule has 0 bridgehead atoms. The number of rotatable bonds is 4. The van der Waals surface area contributed by atoms with E-state index in [1.54, 1.807) is 12.1 Å². The minimum absolute atomic E-state index is 0.145. The third-order valence-corrected chi connectivity index (χ3v) is 4.06. The summed E-state index contributed by atoms with van der Waals surface area (Å²) in [6, 6.07) is 5.73. The number of halogens is 1. The Balaban J connectivity index is 2.01. The average Bonchev–Trinajstić information content (AvgIpc) is 2.37. The van der Waals surface area contributed by atoms with Crippen LogP contribution >= 0.6 is 0 Å². The molecule has 2 nitrogen and oxygen atoms in total. The zero-order valence-corrected chi connectivity index (χ0v) is 12.2. The van der Waals surface area contributed by atoms with Crippen LogP contribution in [0.5, 0.6) is 0 Å². The van der Waals surface area contributed by atoms with E-state index in [-0.39, 0.29) is 5.82 Å². The molecule has 0 spiro atoms. The van der Waals surface area contributed by atoms with Crippen LogP contribution in [0.15, 0.2) is 18.2 Å². The predicted molar refractivity (Wildman–Crippen MR) is 79.2 cm³/mol. The van der Waals surface area contributed by atoms with Crippen LogP contribution in [0.4, 0.5) is 10.1 Å². The van der Waals surface area contributed by atoms with Crippen molar-refractivity contribution in [2.75, 3.05) is 24.5 Å². The van der Waals surface area contributed by atoms with Crippen molar-refractivity contribution in [2.24, 2.45) is 5.92 Å². The number of hydrogen-bond donors (Lipinski definition) is 1. The predicted octanol–water partition coefficient (Wildman–Crippen LogP) is 3.35. The van der Waals surface area contributed by atoms with Crippen molar-refractivity contribution in [3.05, 3.63) is 29.6 Å². The summed E-state index contributed by atoms with van der Waals surface area (Å²) >= 11 is 0. The molecule has 106 valence electrons. The van der Waals surface area contributed by atoms with Gasteiger partial charge in [-0.05, 0) is 56.0 Å². The first-order valence-electron chi connectivity index (χ1n) is 7.36. The summed E-state index contributed by atoms with van der Waals surface area (Å²) in [5, 5.41) is 3.63. The van der Waals surface area contributed by atoms with E-state index in [1.807, 2.05) is 13.0 Å². The molecular weight excluding hydrogens is 239 g/mol. The summed E-state index contributed by atoms with van der Waals surface area (Å²) in [6.45, 7) is 9.70. The molecule has 0 radical (unpaired) electrons. The van der Waals surface area contributed by atoms with Gasteiger partial charge in [0.25, 0.3) is 0 Å². The van der Waals surface area contributed by atoms with Crippen molar-refractivity contribution in [1.82, 2.24) is 5.32 Å². The molecule has 1 saturated heterocycles. The molecule has 2 unspecified atom stereocenters. The number of hydrogen-bond acceptors (Lipinski definition) is 2. The van der Waals surface area contributed by atoms with E-state index in [4.69, 9.17) is 0 Å². The second-order valence-electron chi connectivity index (χ2n) is 5.70. The van der Waals surface area contributed by atoms with Crippen LogP contribution in [-0.4, -0.2) is 25.7 Å². The van der Waals surface area contributed by atoms with Crippen molar-refractivity contribution in [2.45, 2.75) is 39.7 Å². The van der Waals surface area contributed by atoms with Gasteiger partial charge in [-0.25, -0.2) is 4.39 Å². The first-order valence-corrected chi connectivity index (χ1v) is 7.36. The molecule has 0 saturated carbocycles. The molecule has 1 fully saturated rings. The van der Waals surface area contributed by atoms with Gasteiger partial charge in [0.2, 0.25) is 0 Å². The van der Waals surface area contributed by atoms with E-state index in [0.29, 0.717) is 12.0 Å². The molecule has 2 rings (SSSR count). The van der Waals surface area contributed by atoms with Crippen LogP contribution < -0.4 is 10.2 Å². The molecule has 1 N–H and O–H groups in total. The smallest absolute Gasteiger partial charge is 0.123 e. The van der Waals surface area contributed by atoms with Gasteiger partial charge in [-0.15, -0.1) is 0 Å². The van der Waals surface area contributed by atoms with Gasteiger partial charge in [-0.1, -0.05) is 13.8 Å². The standard InChI is InChI=1S/C16H25FN2/c1-4-8-18-15-7-9-19(11-13(15)3)16-6-5-14(17)10-12(16)2/h5-6,10,13,15,18H,4,7-9,11H2,1-3H3. The Labute approximate surface area is 116 Å². The molecule has 0 aliphatic carbocycles. The summed E-state index contributed by atoms with van der Waals surface area (Å²) in [7, 11) is 0. The number of aryl methyl sites for hydroxylation is 1. The third kappa shape index (κ3) is 3.47. The zero-order valence-electron chi connectivity index (χ0n) is 12.2. The normalized spacial score (nSPS) is 23.7. The van der Waals surface area contributed by atoms with E-state index in [2.05, 4.69) is 24.1 Å². The molecule has 2 atom stereocenters. The quantitative estimate of drug-likeness (QED) is 0.897. The van der Waals surface area contributed by atoms with Crippen molar-refractivity contribution in [3.8, 4) is 0 Å². The average molecular weight is 264 g/mol. The monoisotopic (exact) mass is 264 g/mol. The van der Waals surface area contributed by atoms with Crippen molar-refractivity contribution >= 4 is 5.69 Å². The Bertz CT molecular complexity index is 419. The molecule has 1 heterocycles. The summed E-state index contributed by atoms with van der Waals surface area (Å²) in [5.74, 6) is 0.485. The van der Waals surface area contributed by atoms with Gasteiger partial charge >= 0.3 is 0 Å². The van der Waals surface area contributed by atoms with Gasteiger partial charge in [-0.2, -0.15) is 0 Å². The Kier molecular flexibility index (Phi) is 4.81. The van der Waals surface area contributed by atoms with Crippen molar-refractivity contribution in [3.63, 3.8) is 0 Å². The van der Waals surface area contributed by atoms with Gasteiger partial charge in [0.05, 0.1) is 0 Å². The number of piperidine rings is 1. The SMILES string of the molecule is CCCNC1CCN(c2ccc(F)cc2C)CC1C. The van der Waals surface area contributed by atoms with Crippen LogP contribution in [0.2, 0.25) is 0 Å². The maximum atomic E-state index is 13.2. The largest absolute Gasteiger partial charge is 0.371 e. The molecular formula is C16H25FN2. The lowest BCUT2D eigenvalue weighted by Gasteiger charge is -2.39. The Morgan fingerprint density at radius 3 is 2.84 bits per heavy atom. The highest BCUT2D eigenvalue weighted by molar-refractivity contribution is 5.53. The van der Waals surface area contributed by atoms with Crippen molar-refractivity contribution in [1.29, 1.82) is 0 Å². The van der Waals surface area contributed by atoms with Crippen molar-refractivity contribution < 1.29 is 4.39 Å². The number of nitrogens with one attached hydrogen (secondary N) is 1. The molecule has 0 amide bonds. The van der Waals surface area contributed by atoms with Crippen LogP contribution in [0.25, 0.3) is 0 Å². The lowest BCUT2D eigenvalue weighted by Crippen LogP contribution is -2.48. The van der Waals surface area contributed by atoms with Gasteiger partial charge in [0, 0.05) is 24.8 Å². The lowest BCUT2D eigenvalue weighted by molar-refractivity contribution is 0.322. The fourth-order valence-electron chi connectivity index (χ4n) is 2.97. The summed E-state index contributed by atoms with van der Waals surface area (Å²) in [5.41, 5.74) is 2.22. The van der Waals surface area contributed by atoms with Gasteiger partial charge < -0.3 is 10.2 Å². The number of benzene rings is 1. The molecule has 1 aliphatic rings. The first kappa shape index (κ1) is 14.3. The fraction of sp³-hybridized carbons (Fsp3) is 0.625. The number of nitrogens with zero attached hydrogens (tertiary/aromatic N) is 1. The minimum Gasteiger partial charge on any atom is -0.371 e. The van der Waals surface area contributed by atoms with Gasteiger partial charge in [0.15, 0.2) is 0 Å². The Morgan fingerprint density at radius 2 is 2.21 bits per heavy atom. The van der Waals surface area contributed by atoms with E-state index >= 15 is 0 Å². The molecule has 0 aromatic heterocycles. The number of anilines is 1. The second kappa shape index (κ2) is 6.38. The van der Waals surface area contributed by atoms with E-state index in [1.165, 1.54) is 12.1 Å². The Morgan fingerprint density at radius 1 is 1.42 bits per heavy atom. The molecule has 1 aliphatic heterocycles. The second-order valence-corrected chi connectivity index (χ2v) is 5.70. The summed E-state index contributed by atoms with van der Waals surface area (Å²) in [4.78, 5) is 2.39. The highest BCUT2D eigenvalue weighted by atomic mass is 19.1. The van der Waals surface area contributed by atoms with E-state index in [9.17, 15) is 4.39 Å². The van der Waals surface area contributed by atoms with Crippen LogP contribution in [0, 0.1) is 18.7 Å². The zero-order chi connectivity index (χ0) is 13.8. The highest BCUT2D eigenvalue weighted by Crippen LogP contribution is 2.26. The molecule has 1 aromatic carbocycles. The van der Waals surface area contributed by atoms with Crippen LogP contribution in [0.1, 0.15) is 32.3 Å². The van der Waals surface area contributed by atoms with Crippen LogP contribution in [0.3, 0.4) is 0 Å². The van der Waals surface area contributed by atoms with Gasteiger partial charge in [0.1, 0.15) is 5.82 Å².